The maximum Gasteiger partial charge on any atom is 0.264 e. The van der Waals surface area contributed by atoms with Crippen molar-refractivity contribution in [1.82, 2.24) is 20.3 Å². The molecule has 3 aromatic rings. The van der Waals surface area contributed by atoms with Gasteiger partial charge in [-0.05, 0) is 17.7 Å². The lowest BCUT2D eigenvalue weighted by atomic mass is 10.2. The molecule has 1 amide bonds. The van der Waals surface area contributed by atoms with Crippen LogP contribution in [0.5, 0.6) is 0 Å². The van der Waals surface area contributed by atoms with Gasteiger partial charge in [0.1, 0.15) is 11.3 Å². The van der Waals surface area contributed by atoms with Gasteiger partial charge in [0.25, 0.3) is 11.5 Å². The van der Waals surface area contributed by atoms with Crippen LogP contribution in [0.15, 0.2) is 65.7 Å². The highest BCUT2D eigenvalue weighted by molar-refractivity contribution is 5.93. The maximum absolute atomic E-state index is 12.1. The van der Waals surface area contributed by atoms with Crippen LogP contribution in [0, 0.1) is 0 Å². The second-order valence-corrected chi connectivity index (χ2v) is 4.86. The van der Waals surface area contributed by atoms with Crippen LogP contribution in [0.2, 0.25) is 0 Å². The quantitative estimate of drug-likeness (QED) is 0.769. The first kappa shape index (κ1) is 14.6. The molecule has 0 saturated heterocycles. The van der Waals surface area contributed by atoms with Gasteiger partial charge in [-0.2, -0.15) is 0 Å². The third-order valence-corrected chi connectivity index (χ3v) is 3.25. The number of benzene rings is 1. The number of pyridine rings is 1. The molecule has 0 unspecified atom stereocenters. The van der Waals surface area contributed by atoms with Crippen molar-refractivity contribution >= 4 is 5.91 Å². The minimum atomic E-state index is -0.494. The van der Waals surface area contributed by atoms with Gasteiger partial charge in [0.15, 0.2) is 5.82 Å². The lowest BCUT2D eigenvalue weighted by molar-refractivity contribution is 0.0949. The van der Waals surface area contributed by atoms with Crippen molar-refractivity contribution in [3.63, 3.8) is 0 Å². The Bertz CT molecular complexity index is 861. The maximum atomic E-state index is 12.1. The topological polar surface area (TPSA) is 87.7 Å². The lowest BCUT2D eigenvalue weighted by Crippen LogP contribution is -2.29. The Kier molecular flexibility index (Phi) is 4.24. The Balaban J connectivity index is 1.75. The standard InChI is InChI=1S/C17H14N4O2/c22-16(20-10-12-6-2-1-3-7-12)13-11-19-15(21-17(13)23)14-8-4-5-9-18-14/h1-9,11H,10H2,(H,20,22)(H,19,21,23). The fourth-order valence-electron chi connectivity index (χ4n) is 2.06. The van der Waals surface area contributed by atoms with Crippen molar-refractivity contribution < 1.29 is 4.79 Å². The molecule has 2 heterocycles. The fourth-order valence-corrected chi connectivity index (χ4v) is 2.06. The molecule has 0 atom stereocenters. The van der Waals surface area contributed by atoms with Crippen LogP contribution in [0.1, 0.15) is 15.9 Å². The summed E-state index contributed by atoms with van der Waals surface area (Å²) in [5, 5.41) is 2.70. The van der Waals surface area contributed by atoms with Crippen LogP contribution in [0.25, 0.3) is 11.5 Å². The van der Waals surface area contributed by atoms with E-state index >= 15 is 0 Å². The second kappa shape index (κ2) is 6.65. The molecular formula is C17H14N4O2. The average Bonchev–Trinajstić information content (AvgIpc) is 2.61. The number of carbonyl (C=O) groups is 1. The number of hydrogen-bond donors (Lipinski definition) is 2. The van der Waals surface area contributed by atoms with E-state index in [2.05, 4.69) is 20.3 Å². The summed E-state index contributed by atoms with van der Waals surface area (Å²) in [5.74, 6) is -0.134. The molecule has 23 heavy (non-hydrogen) atoms. The first-order valence-electron chi connectivity index (χ1n) is 7.07. The van der Waals surface area contributed by atoms with E-state index in [9.17, 15) is 9.59 Å². The predicted octanol–water partition coefficient (Wildman–Crippen LogP) is 1.76. The van der Waals surface area contributed by atoms with Crippen LogP contribution in [-0.2, 0) is 6.54 Å². The molecule has 0 saturated carbocycles. The van der Waals surface area contributed by atoms with Crippen molar-refractivity contribution in [1.29, 1.82) is 0 Å². The number of rotatable bonds is 4. The molecule has 3 rings (SSSR count). The summed E-state index contributed by atoms with van der Waals surface area (Å²) < 4.78 is 0. The molecule has 0 aliphatic rings. The minimum absolute atomic E-state index is 0.0272. The third-order valence-electron chi connectivity index (χ3n) is 3.25. The monoisotopic (exact) mass is 306 g/mol. The van der Waals surface area contributed by atoms with E-state index in [1.807, 2.05) is 30.3 Å². The SMILES string of the molecule is O=C(NCc1ccccc1)c1cnc(-c2ccccn2)[nH]c1=O. The van der Waals surface area contributed by atoms with Gasteiger partial charge in [-0.3, -0.25) is 14.6 Å². The highest BCUT2D eigenvalue weighted by atomic mass is 16.2. The molecule has 0 fully saturated rings. The normalized spacial score (nSPS) is 10.3. The Morgan fingerprint density at radius 2 is 1.83 bits per heavy atom. The smallest absolute Gasteiger partial charge is 0.264 e. The number of hydrogen-bond acceptors (Lipinski definition) is 4. The molecule has 6 nitrogen and oxygen atoms in total. The van der Waals surface area contributed by atoms with Gasteiger partial charge in [-0.25, -0.2) is 4.98 Å². The summed E-state index contributed by atoms with van der Waals surface area (Å²) >= 11 is 0. The molecule has 2 aromatic heterocycles. The average molecular weight is 306 g/mol. The van der Waals surface area contributed by atoms with Gasteiger partial charge in [-0.1, -0.05) is 36.4 Å². The van der Waals surface area contributed by atoms with E-state index < -0.39 is 11.5 Å². The summed E-state index contributed by atoms with van der Waals surface area (Å²) in [7, 11) is 0. The van der Waals surface area contributed by atoms with Gasteiger partial charge in [0.2, 0.25) is 0 Å². The highest BCUT2D eigenvalue weighted by Crippen LogP contribution is 2.08. The molecule has 6 heteroatoms. The summed E-state index contributed by atoms with van der Waals surface area (Å²) in [4.78, 5) is 35.0. The van der Waals surface area contributed by atoms with E-state index in [-0.39, 0.29) is 5.56 Å². The zero-order chi connectivity index (χ0) is 16.1. The van der Waals surface area contributed by atoms with E-state index in [4.69, 9.17) is 0 Å². The van der Waals surface area contributed by atoms with Crippen LogP contribution < -0.4 is 10.9 Å². The number of aromatic nitrogens is 3. The number of aromatic amines is 1. The van der Waals surface area contributed by atoms with Gasteiger partial charge in [0, 0.05) is 18.9 Å². The summed E-state index contributed by atoms with van der Waals surface area (Å²) in [5.41, 5.74) is 0.975. The molecule has 0 spiro atoms. The van der Waals surface area contributed by atoms with Crippen molar-refractivity contribution in [3.8, 4) is 11.5 Å². The number of H-pyrrole nitrogens is 1. The fraction of sp³-hybridized carbons (Fsp3) is 0.0588. The number of carbonyl (C=O) groups excluding carboxylic acids is 1. The van der Waals surface area contributed by atoms with Crippen LogP contribution in [-0.4, -0.2) is 20.9 Å². The van der Waals surface area contributed by atoms with Gasteiger partial charge in [-0.15, -0.1) is 0 Å². The molecule has 1 aromatic carbocycles. The van der Waals surface area contributed by atoms with E-state index in [1.165, 1.54) is 6.20 Å². The van der Waals surface area contributed by atoms with Gasteiger partial charge in [0.05, 0.1) is 0 Å². The van der Waals surface area contributed by atoms with E-state index in [1.54, 1.807) is 24.4 Å². The second-order valence-electron chi connectivity index (χ2n) is 4.86. The Morgan fingerprint density at radius 1 is 1.04 bits per heavy atom. The van der Waals surface area contributed by atoms with Crippen LogP contribution in [0.4, 0.5) is 0 Å². The largest absolute Gasteiger partial charge is 0.348 e. The summed E-state index contributed by atoms with van der Waals surface area (Å²) in [6, 6.07) is 14.8. The van der Waals surface area contributed by atoms with Gasteiger partial charge < -0.3 is 10.3 Å². The summed E-state index contributed by atoms with van der Waals surface area (Å²) in [6.45, 7) is 0.348. The Labute approximate surface area is 132 Å². The minimum Gasteiger partial charge on any atom is -0.348 e. The Hall–Kier alpha value is -3.28. The first-order chi connectivity index (χ1) is 11.2. The predicted molar refractivity (Wildman–Crippen MR) is 85.7 cm³/mol. The summed E-state index contributed by atoms with van der Waals surface area (Å²) in [6.07, 6.45) is 2.87. The number of amides is 1. The van der Waals surface area contributed by atoms with E-state index in [0.29, 0.717) is 18.1 Å². The first-order valence-corrected chi connectivity index (χ1v) is 7.07. The van der Waals surface area contributed by atoms with Gasteiger partial charge >= 0.3 is 0 Å². The molecule has 2 N–H and O–H groups in total. The zero-order valence-corrected chi connectivity index (χ0v) is 12.2. The molecule has 0 aliphatic heterocycles. The van der Waals surface area contributed by atoms with Crippen LogP contribution in [0.3, 0.4) is 0 Å². The number of nitrogens with zero attached hydrogens (tertiary/aromatic N) is 2. The highest BCUT2D eigenvalue weighted by Gasteiger charge is 2.12. The van der Waals surface area contributed by atoms with Crippen LogP contribution >= 0.6 is 0 Å². The molecule has 0 aliphatic carbocycles. The Morgan fingerprint density at radius 3 is 2.52 bits per heavy atom. The number of nitrogens with one attached hydrogen (secondary N) is 2. The van der Waals surface area contributed by atoms with Crippen molar-refractivity contribution in [2.75, 3.05) is 0 Å². The van der Waals surface area contributed by atoms with Crippen molar-refractivity contribution in [3.05, 3.63) is 82.4 Å². The lowest BCUT2D eigenvalue weighted by Gasteiger charge is -2.05. The van der Waals surface area contributed by atoms with Crippen molar-refractivity contribution in [2.24, 2.45) is 0 Å². The molecule has 114 valence electrons. The molecule has 0 bridgehead atoms. The van der Waals surface area contributed by atoms with E-state index in [0.717, 1.165) is 5.56 Å². The third kappa shape index (κ3) is 3.49. The molecular weight excluding hydrogens is 292 g/mol. The van der Waals surface area contributed by atoms with Crippen molar-refractivity contribution in [2.45, 2.75) is 6.54 Å². The molecule has 0 radical (unpaired) electrons. The zero-order valence-electron chi connectivity index (χ0n) is 12.2.